The molecule has 128 valence electrons. The minimum atomic E-state index is -1.14. The molecule has 4 atom stereocenters. The van der Waals surface area contributed by atoms with Crippen molar-refractivity contribution in [3.8, 4) is 0 Å². The second-order valence-electron chi connectivity index (χ2n) is 7.43. The summed E-state index contributed by atoms with van der Waals surface area (Å²) in [7, 11) is 0. The molecule has 5 nitrogen and oxygen atoms in total. The highest BCUT2D eigenvalue weighted by Gasteiger charge is 2.67. The molecule has 2 aromatic carbocycles. The summed E-state index contributed by atoms with van der Waals surface area (Å²) in [6.45, 7) is 5.37. The van der Waals surface area contributed by atoms with Gasteiger partial charge in [0.05, 0.1) is 5.69 Å². The Labute approximate surface area is 146 Å². The third-order valence-corrected chi connectivity index (χ3v) is 5.86. The molecule has 25 heavy (non-hydrogen) atoms. The second kappa shape index (κ2) is 4.42. The lowest BCUT2D eigenvalue weighted by molar-refractivity contribution is -0.126. The molecular weight excluding hydrogens is 316 g/mol. The number of carbonyl (C=O) groups is 1. The number of hydrogen-bond acceptors (Lipinski definition) is 4. The van der Waals surface area contributed by atoms with E-state index in [4.69, 9.17) is 4.74 Å². The summed E-state index contributed by atoms with van der Waals surface area (Å²) in [5.41, 5.74) is 1.79. The Balaban J connectivity index is 1.77. The Morgan fingerprint density at radius 1 is 1.04 bits per heavy atom. The van der Waals surface area contributed by atoms with Crippen LogP contribution < -0.4 is 9.80 Å². The number of hydrogen-bond donors (Lipinski definition) is 1. The van der Waals surface area contributed by atoms with Crippen LogP contribution in [-0.2, 0) is 20.7 Å². The Morgan fingerprint density at radius 3 is 2.32 bits per heavy atom. The van der Waals surface area contributed by atoms with Crippen LogP contribution in [-0.4, -0.2) is 23.4 Å². The van der Waals surface area contributed by atoms with Crippen LogP contribution in [0.4, 0.5) is 11.4 Å². The van der Waals surface area contributed by atoms with Gasteiger partial charge in [-0.05, 0) is 26.0 Å². The van der Waals surface area contributed by atoms with E-state index < -0.39 is 17.4 Å². The zero-order valence-electron chi connectivity index (χ0n) is 14.4. The van der Waals surface area contributed by atoms with Gasteiger partial charge < -0.3 is 14.7 Å². The van der Waals surface area contributed by atoms with Crippen LogP contribution in [0.25, 0.3) is 0 Å². The monoisotopic (exact) mass is 336 g/mol. The number of fused-ring (bicyclic) bond motifs is 7. The molecule has 0 saturated carbocycles. The molecule has 3 aliphatic rings. The highest BCUT2D eigenvalue weighted by atomic mass is 16.6. The van der Waals surface area contributed by atoms with Gasteiger partial charge in [0.2, 0.25) is 5.91 Å². The van der Waals surface area contributed by atoms with Crippen LogP contribution in [0, 0.1) is 0 Å². The molecule has 0 unspecified atom stereocenters. The summed E-state index contributed by atoms with van der Waals surface area (Å²) in [5, 5.41) is 11.2. The van der Waals surface area contributed by atoms with E-state index in [0.717, 1.165) is 22.5 Å². The van der Waals surface area contributed by atoms with Gasteiger partial charge in [0, 0.05) is 23.7 Å². The van der Waals surface area contributed by atoms with Crippen molar-refractivity contribution < 1.29 is 14.6 Å². The second-order valence-corrected chi connectivity index (χ2v) is 7.43. The maximum absolute atomic E-state index is 12.5. The summed E-state index contributed by atoms with van der Waals surface area (Å²) in [6, 6.07) is 15.6. The largest absolute Gasteiger partial charge is 0.381 e. The molecule has 1 saturated heterocycles. The van der Waals surface area contributed by atoms with E-state index in [1.165, 1.54) is 0 Å². The van der Waals surface area contributed by atoms with E-state index >= 15 is 0 Å². The van der Waals surface area contributed by atoms with Crippen LogP contribution in [0.2, 0.25) is 0 Å². The molecule has 3 heterocycles. The minimum Gasteiger partial charge on any atom is -0.381 e. The molecule has 1 fully saturated rings. The number of amides is 1. The summed E-state index contributed by atoms with van der Waals surface area (Å²) in [6.07, 6.45) is -0.849. The molecule has 0 aromatic heterocycles. The molecule has 2 aromatic rings. The maximum atomic E-state index is 12.5. The fourth-order valence-electron chi connectivity index (χ4n) is 4.80. The van der Waals surface area contributed by atoms with Gasteiger partial charge in [0.15, 0.2) is 6.23 Å². The zero-order valence-corrected chi connectivity index (χ0v) is 14.4. The predicted octanol–water partition coefficient (Wildman–Crippen LogP) is 2.68. The third-order valence-electron chi connectivity index (χ3n) is 5.86. The van der Waals surface area contributed by atoms with Crippen molar-refractivity contribution in [3.05, 3.63) is 59.7 Å². The van der Waals surface area contributed by atoms with Gasteiger partial charge in [0.25, 0.3) is 0 Å². The lowest BCUT2D eigenvalue weighted by atomic mass is 9.94. The Morgan fingerprint density at radius 2 is 1.64 bits per heavy atom. The lowest BCUT2D eigenvalue weighted by Crippen LogP contribution is -2.52. The van der Waals surface area contributed by atoms with Gasteiger partial charge >= 0.3 is 0 Å². The average molecular weight is 336 g/mol. The highest BCUT2D eigenvalue weighted by molar-refractivity contribution is 5.96. The van der Waals surface area contributed by atoms with Crippen LogP contribution in [0.5, 0.6) is 0 Å². The van der Waals surface area contributed by atoms with E-state index in [1.807, 2.05) is 55.5 Å². The van der Waals surface area contributed by atoms with E-state index in [0.29, 0.717) is 0 Å². The molecule has 1 N–H and O–H groups in total. The van der Waals surface area contributed by atoms with Gasteiger partial charge in [-0.25, -0.2) is 0 Å². The molecule has 0 spiro atoms. The standard InChI is InChI=1S/C20H20N2O3/c1-12(23)21-16-11-7-5-9-14(16)20(3)17(21)22-15-10-6-4-8-13(15)19(2,24)18(22)25-20/h4-11,17-18,24H,1-3H3/t17-,18-,19-,20-/m1/s1. The third kappa shape index (κ3) is 1.58. The average Bonchev–Trinajstić information content (AvgIpc) is 3.10. The van der Waals surface area contributed by atoms with Gasteiger partial charge in [-0.1, -0.05) is 36.4 Å². The maximum Gasteiger partial charge on any atom is 0.225 e. The molecular formula is C20H20N2O3. The first kappa shape index (κ1) is 14.9. The van der Waals surface area contributed by atoms with Crippen molar-refractivity contribution in [1.82, 2.24) is 0 Å². The Hall–Kier alpha value is -2.37. The first-order valence-electron chi connectivity index (χ1n) is 8.55. The zero-order chi connectivity index (χ0) is 17.6. The lowest BCUT2D eigenvalue weighted by Gasteiger charge is -2.34. The first-order valence-corrected chi connectivity index (χ1v) is 8.55. The van der Waals surface area contributed by atoms with Crippen LogP contribution in [0.1, 0.15) is 31.9 Å². The van der Waals surface area contributed by atoms with Gasteiger partial charge in [-0.3, -0.25) is 9.69 Å². The molecule has 1 amide bonds. The Bertz CT molecular complexity index is 909. The molecule has 3 aliphatic heterocycles. The quantitative estimate of drug-likeness (QED) is 0.804. The number of para-hydroxylation sites is 2. The van der Waals surface area contributed by atoms with E-state index in [1.54, 1.807) is 18.7 Å². The minimum absolute atomic E-state index is 0.0329. The Kier molecular flexibility index (Phi) is 2.64. The fourth-order valence-corrected chi connectivity index (χ4v) is 4.80. The SMILES string of the molecule is CC(=O)N1c2ccccc2[C@@]2(C)O[C@H]3N(c4ccccc4[C@@]3(C)O)[C@@H]12. The summed E-state index contributed by atoms with van der Waals surface area (Å²) in [5.74, 6) is -0.0329. The number of benzene rings is 2. The molecule has 5 rings (SSSR count). The summed E-state index contributed by atoms with van der Waals surface area (Å²) in [4.78, 5) is 16.4. The van der Waals surface area contributed by atoms with Crippen molar-refractivity contribution in [2.24, 2.45) is 0 Å². The van der Waals surface area contributed by atoms with Crippen LogP contribution in [0.3, 0.4) is 0 Å². The fraction of sp³-hybridized carbons (Fsp3) is 0.350. The van der Waals surface area contributed by atoms with E-state index in [-0.39, 0.29) is 12.1 Å². The highest BCUT2D eigenvalue weighted by Crippen LogP contribution is 2.59. The molecule has 0 radical (unpaired) electrons. The van der Waals surface area contributed by atoms with Crippen molar-refractivity contribution >= 4 is 17.3 Å². The molecule has 0 bridgehead atoms. The summed E-state index contributed by atoms with van der Waals surface area (Å²) < 4.78 is 6.48. The van der Waals surface area contributed by atoms with Crippen molar-refractivity contribution in [2.75, 3.05) is 9.80 Å². The first-order chi connectivity index (χ1) is 11.9. The predicted molar refractivity (Wildman–Crippen MR) is 94.1 cm³/mol. The molecule has 0 aliphatic carbocycles. The number of aliphatic hydroxyl groups is 1. The topological polar surface area (TPSA) is 53.0 Å². The van der Waals surface area contributed by atoms with Crippen molar-refractivity contribution in [3.63, 3.8) is 0 Å². The van der Waals surface area contributed by atoms with E-state index in [9.17, 15) is 9.90 Å². The molecule has 5 heteroatoms. The summed E-state index contributed by atoms with van der Waals surface area (Å²) >= 11 is 0. The number of ether oxygens (including phenoxy) is 1. The van der Waals surface area contributed by atoms with Gasteiger partial charge in [-0.15, -0.1) is 0 Å². The van der Waals surface area contributed by atoms with Crippen LogP contribution >= 0.6 is 0 Å². The van der Waals surface area contributed by atoms with Crippen molar-refractivity contribution in [2.45, 2.75) is 44.4 Å². The normalized spacial score (nSPS) is 34.6. The van der Waals surface area contributed by atoms with E-state index in [2.05, 4.69) is 4.90 Å². The number of rotatable bonds is 0. The number of carbonyl (C=O) groups excluding carboxylic acids is 1. The number of anilines is 2. The van der Waals surface area contributed by atoms with Gasteiger partial charge in [0.1, 0.15) is 17.4 Å². The number of nitrogens with zero attached hydrogens (tertiary/aromatic N) is 2. The smallest absolute Gasteiger partial charge is 0.225 e. The van der Waals surface area contributed by atoms with Crippen molar-refractivity contribution in [1.29, 1.82) is 0 Å². The van der Waals surface area contributed by atoms with Gasteiger partial charge in [-0.2, -0.15) is 0 Å². The van der Waals surface area contributed by atoms with Crippen LogP contribution in [0.15, 0.2) is 48.5 Å².